The predicted molar refractivity (Wildman–Crippen MR) is 109 cm³/mol. The van der Waals surface area contributed by atoms with Gasteiger partial charge in [0, 0.05) is 17.1 Å². The minimum atomic E-state index is -0.323. The molecule has 6 heteroatoms. The first-order chi connectivity index (χ1) is 13.1. The Morgan fingerprint density at radius 2 is 1.70 bits per heavy atom. The van der Waals surface area contributed by atoms with Gasteiger partial charge in [-0.25, -0.2) is 4.68 Å². The van der Waals surface area contributed by atoms with Crippen molar-refractivity contribution >= 4 is 21.8 Å². The Hall–Kier alpha value is -2.73. The highest BCUT2D eigenvalue weighted by molar-refractivity contribution is 9.10. The molecule has 1 aromatic heterocycles. The molecule has 0 aliphatic carbocycles. The van der Waals surface area contributed by atoms with E-state index in [9.17, 15) is 9.59 Å². The quantitative estimate of drug-likeness (QED) is 0.650. The van der Waals surface area contributed by atoms with Crippen LogP contribution in [0, 0.1) is 0 Å². The number of aromatic nitrogens is 2. The maximum Gasteiger partial charge on any atom is 0.272 e. The SMILES string of the molecule is CCCn1nc(C(=O)NC(c2ccccc2)c2ccc(Br)cc2)ccc1=O. The molecule has 1 amide bonds. The summed E-state index contributed by atoms with van der Waals surface area (Å²) in [6.45, 7) is 2.44. The van der Waals surface area contributed by atoms with E-state index < -0.39 is 0 Å². The lowest BCUT2D eigenvalue weighted by atomic mass is 9.98. The molecule has 1 heterocycles. The molecule has 138 valence electrons. The molecule has 1 N–H and O–H groups in total. The van der Waals surface area contributed by atoms with Gasteiger partial charge in [-0.15, -0.1) is 0 Å². The van der Waals surface area contributed by atoms with Crippen molar-refractivity contribution in [2.24, 2.45) is 0 Å². The second-order valence-electron chi connectivity index (χ2n) is 6.15. The highest BCUT2D eigenvalue weighted by Gasteiger charge is 2.19. The summed E-state index contributed by atoms with van der Waals surface area (Å²) in [4.78, 5) is 24.7. The molecule has 0 aliphatic heterocycles. The molecule has 0 bridgehead atoms. The number of hydrogen-bond acceptors (Lipinski definition) is 3. The zero-order valence-corrected chi connectivity index (χ0v) is 16.5. The molecule has 1 atom stereocenters. The first-order valence-corrected chi connectivity index (χ1v) is 9.57. The van der Waals surface area contributed by atoms with Crippen LogP contribution in [0.4, 0.5) is 0 Å². The van der Waals surface area contributed by atoms with Gasteiger partial charge in [0.2, 0.25) is 0 Å². The third-order valence-electron chi connectivity index (χ3n) is 4.15. The molecule has 0 spiro atoms. The van der Waals surface area contributed by atoms with Gasteiger partial charge in [-0.05, 0) is 35.7 Å². The monoisotopic (exact) mass is 425 g/mol. The fraction of sp³-hybridized carbons (Fsp3) is 0.190. The lowest BCUT2D eigenvalue weighted by molar-refractivity contribution is 0.0935. The molecular weight excluding hydrogens is 406 g/mol. The van der Waals surface area contributed by atoms with Gasteiger partial charge in [-0.1, -0.05) is 65.3 Å². The molecule has 0 saturated carbocycles. The van der Waals surface area contributed by atoms with E-state index in [4.69, 9.17) is 0 Å². The fourth-order valence-corrected chi connectivity index (χ4v) is 3.07. The van der Waals surface area contributed by atoms with Gasteiger partial charge in [-0.3, -0.25) is 9.59 Å². The van der Waals surface area contributed by atoms with Crippen LogP contribution in [0.25, 0.3) is 0 Å². The first kappa shape index (κ1) is 19.0. The summed E-state index contributed by atoms with van der Waals surface area (Å²) in [5.41, 5.74) is 1.94. The molecule has 5 nitrogen and oxygen atoms in total. The van der Waals surface area contributed by atoms with E-state index >= 15 is 0 Å². The summed E-state index contributed by atoms with van der Waals surface area (Å²) in [5.74, 6) is -0.323. The van der Waals surface area contributed by atoms with E-state index in [1.165, 1.54) is 16.8 Å². The lowest BCUT2D eigenvalue weighted by Gasteiger charge is -2.20. The molecule has 3 aromatic rings. The number of carbonyl (C=O) groups excluding carboxylic acids is 1. The number of amides is 1. The van der Waals surface area contributed by atoms with Crippen LogP contribution in [-0.2, 0) is 6.54 Å². The van der Waals surface area contributed by atoms with Crippen LogP contribution in [-0.4, -0.2) is 15.7 Å². The molecule has 0 radical (unpaired) electrons. The highest BCUT2D eigenvalue weighted by Crippen LogP contribution is 2.24. The van der Waals surface area contributed by atoms with Crippen molar-refractivity contribution in [3.8, 4) is 0 Å². The average Bonchev–Trinajstić information content (AvgIpc) is 2.69. The van der Waals surface area contributed by atoms with E-state index in [0.717, 1.165) is 22.0 Å². The number of nitrogens with one attached hydrogen (secondary N) is 1. The zero-order chi connectivity index (χ0) is 19.2. The summed E-state index contributed by atoms with van der Waals surface area (Å²) in [7, 11) is 0. The normalized spacial score (nSPS) is 11.8. The van der Waals surface area contributed by atoms with Gasteiger partial charge in [0.1, 0.15) is 5.69 Å². The highest BCUT2D eigenvalue weighted by atomic mass is 79.9. The number of aryl methyl sites for hydroxylation is 1. The molecule has 0 saturated heterocycles. The summed E-state index contributed by atoms with van der Waals surface area (Å²) >= 11 is 3.44. The van der Waals surface area contributed by atoms with Crippen LogP contribution < -0.4 is 10.9 Å². The lowest BCUT2D eigenvalue weighted by Crippen LogP contribution is -2.32. The smallest absolute Gasteiger partial charge is 0.272 e. The summed E-state index contributed by atoms with van der Waals surface area (Å²) in [5, 5.41) is 7.24. The number of halogens is 1. The Bertz CT molecular complexity index is 969. The van der Waals surface area contributed by atoms with Crippen molar-refractivity contribution in [1.29, 1.82) is 0 Å². The minimum Gasteiger partial charge on any atom is -0.340 e. The van der Waals surface area contributed by atoms with Crippen LogP contribution in [0.3, 0.4) is 0 Å². The van der Waals surface area contributed by atoms with E-state index in [2.05, 4.69) is 26.3 Å². The van der Waals surface area contributed by atoms with Crippen molar-refractivity contribution in [3.05, 3.63) is 98.4 Å². The molecule has 27 heavy (non-hydrogen) atoms. The molecule has 3 rings (SSSR count). The van der Waals surface area contributed by atoms with E-state index in [-0.39, 0.29) is 23.2 Å². The third-order valence-corrected chi connectivity index (χ3v) is 4.68. The van der Waals surface area contributed by atoms with E-state index in [0.29, 0.717) is 6.54 Å². The van der Waals surface area contributed by atoms with Crippen LogP contribution >= 0.6 is 15.9 Å². The largest absolute Gasteiger partial charge is 0.340 e. The molecule has 0 fully saturated rings. The first-order valence-electron chi connectivity index (χ1n) is 8.78. The molecular formula is C21H20BrN3O2. The van der Waals surface area contributed by atoms with Crippen LogP contribution in [0.2, 0.25) is 0 Å². The zero-order valence-electron chi connectivity index (χ0n) is 14.9. The van der Waals surface area contributed by atoms with Gasteiger partial charge in [-0.2, -0.15) is 5.10 Å². The molecule has 1 unspecified atom stereocenters. The topological polar surface area (TPSA) is 64.0 Å². The summed E-state index contributed by atoms with van der Waals surface area (Å²) in [6, 6.07) is 20.1. The Morgan fingerprint density at radius 1 is 1.04 bits per heavy atom. The Labute approximate surface area is 166 Å². The van der Waals surface area contributed by atoms with Crippen molar-refractivity contribution in [1.82, 2.24) is 15.1 Å². The summed E-state index contributed by atoms with van der Waals surface area (Å²) < 4.78 is 2.30. The molecule has 0 aliphatic rings. The summed E-state index contributed by atoms with van der Waals surface area (Å²) in [6.07, 6.45) is 0.767. The van der Waals surface area contributed by atoms with Crippen LogP contribution in [0.15, 0.2) is 76.0 Å². The van der Waals surface area contributed by atoms with Crippen molar-refractivity contribution in [2.75, 3.05) is 0 Å². The Balaban J connectivity index is 1.92. The maximum absolute atomic E-state index is 12.8. The fourth-order valence-electron chi connectivity index (χ4n) is 2.81. The number of carbonyl (C=O) groups is 1. The Morgan fingerprint density at radius 3 is 2.37 bits per heavy atom. The van der Waals surface area contributed by atoms with E-state index in [1.807, 2.05) is 61.5 Å². The maximum atomic E-state index is 12.8. The number of benzene rings is 2. The number of hydrogen-bond donors (Lipinski definition) is 1. The second-order valence-corrected chi connectivity index (χ2v) is 7.06. The predicted octanol–water partition coefficient (Wildman–Crippen LogP) is 3.94. The van der Waals surface area contributed by atoms with Gasteiger partial charge >= 0.3 is 0 Å². The Kier molecular flexibility index (Phi) is 6.19. The van der Waals surface area contributed by atoms with Gasteiger partial charge in [0.25, 0.3) is 11.5 Å². The van der Waals surface area contributed by atoms with Crippen molar-refractivity contribution in [2.45, 2.75) is 25.9 Å². The van der Waals surface area contributed by atoms with Gasteiger partial charge < -0.3 is 5.32 Å². The van der Waals surface area contributed by atoms with Gasteiger partial charge in [0.05, 0.1) is 6.04 Å². The standard InChI is InChI=1S/C21H20BrN3O2/c1-2-14-25-19(26)13-12-18(24-25)21(27)23-20(15-6-4-3-5-7-15)16-8-10-17(22)11-9-16/h3-13,20H,2,14H2,1H3,(H,23,27). The third kappa shape index (κ3) is 4.71. The second kappa shape index (κ2) is 8.77. The van der Waals surface area contributed by atoms with Crippen molar-refractivity contribution in [3.63, 3.8) is 0 Å². The average molecular weight is 426 g/mol. The number of rotatable bonds is 6. The number of nitrogens with zero attached hydrogens (tertiary/aromatic N) is 2. The minimum absolute atomic E-state index is 0.207. The van der Waals surface area contributed by atoms with Crippen molar-refractivity contribution < 1.29 is 4.79 Å². The molecule has 2 aromatic carbocycles. The van der Waals surface area contributed by atoms with Crippen LogP contribution in [0.1, 0.15) is 41.0 Å². The van der Waals surface area contributed by atoms with Crippen LogP contribution in [0.5, 0.6) is 0 Å². The van der Waals surface area contributed by atoms with E-state index in [1.54, 1.807) is 0 Å². The van der Waals surface area contributed by atoms with Gasteiger partial charge in [0.15, 0.2) is 0 Å².